The molecule has 0 saturated carbocycles. The quantitative estimate of drug-likeness (QED) is 0.818. The number of hydrogen-bond donors (Lipinski definition) is 2. The van der Waals surface area contributed by atoms with E-state index in [1.165, 1.54) is 0 Å². The van der Waals surface area contributed by atoms with Crippen molar-refractivity contribution in [3.63, 3.8) is 0 Å². The van der Waals surface area contributed by atoms with E-state index >= 15 is 0 Å². The Morgan fingerprint density at radius 1 is 1.19 bits per heavy atom. The number of anilines is 1. The van der Waals surface area contributed by atoms with E-state index in [0.717, 1.165) is 23.2 Å². The minimum absolute atomic E-state index is 0.525. The van der Waals surface area contributed by atoms with Crippen LogP contribution in [0.1, 0.15) is 30.2 Å². The van der Waals surface area contributed by atoms with Crippen molar-refractivity contribution in [3.05, 3.63) is 47.2 Å². The van der Waals surface area contributed by atoms with E-state index < -0.39 is 0 Å². The van der Waals surface area contributed by atoms with Crippen LogP contribution in [0, 0.1) is 6.92 Å². The molecule has 0 unspecified atom stereocenters. The van der Waals surface area contributed by atoms with Crippen molar-refractivity contribution in [1.82, 2.24) is 9.97 Å². The third-order valence-corrected chi connectivity index (χ3v) is 3.06. The predicted octanol–water partition coefficient (Wildman–Crippen LogP) is 2.64. The third kappa shape index (κ3) is 4.43. The second-order valence-electron chi connectivity index (χ2n) is 4.85. The summed E-state index contributed by atoms with van der Waals surface area (Å²) in [7, 11) is 0. The lowest BCUT2D eigenvalue weighted by Gasteiger charge is -2.11. The van der Waals surface area contributed by atoms with Crippen LogP contribution in [0.25, 0.3) is 0 Å². The SMILES string of the molecule is CCCOc1cc(C)nc(NCc2ccccc2CN)n1. The molecule has 0 bridgehead atoms. The van der Waals surface area contributed by atoms with Crippen molar-refractivity contribution in [3.8, 4) is 5.88 Å². The summed E-state index contributed by atoms with van der Waals surface area (Å²) in [4.78, 5) is 8.74. The molecule has 1 aromatic heterocycles. The van der Waals surface area contributed by atoms with Gasteiger partial charge in [-0.05, 0) is 24.5 Å². The summed E-state index contributed by atoms with van der Waals surface area (Å²) in [6.07, 6.45) is 0.954. The molecule has 2 aromatic rings. The van der Waals surface area contributed by atoms with E-state index in [9.17, 15) is 0 Å². The zero-order valence-corrected chi connectivity index (χ0v) is 12.6. The fraction of sp³-hybridized carbons (Fsp3) is 0.375. The van der Waals surface area contributed by atoms with Gasteiger partial charge in [-0.25, -0.2) is 4.98 Å². The van der Waals surface area contributed by atoms with Gasteiger partial charge in [0.25, 0.3) is 0 Å². The number of aryl methyl sites for hydroxylation is 1. The molecule has 112 valence electrons. The Morgan fingerprint density at radius 2 is 1.95 bits per heavy atom. The molecule has 0 fully saturated rings. The molecule has 0 atom stereocenters. The second kappa shape index (κ2) is 7.59. The Bertz CT molecular complexity index is 586. The lowest BCUT2D eigenvalue weighted by atomic mass is 10.1. The number of aromatic nitrogens is 2. The van der Waals surface area contributed by atoms with E-state index in [2.05, 4.69) is 28.3 Å². The third-order valence-electron chi connectivity index (χ3n) is 3.06. The van der Waals surface area contributed by atoms with Crippen molar-refractivity contribution >= 4 is 5.95 Å². The molecular weight excluding hydrogens is 264 g/mol. The van der Waals surface area contributed by atoms with Gasteiger partial charge < -0.3 is 15.8 Å². The highest BCUT2D eigenvalue weighted by Gasteiger charge is 2.05. The Labute approximate surface area is 125 Å². The molecular formula is C16H22N4O. The maximum atomic E-state index is 5.74. The normalized spacial score (nSPS) is 10.4. The van der Waals surface area contributed by atoms with Gasteiger partial charge in [0.15, 0.2) is 0 Å². The molecule has 0 radical (unpaired) electrons. The molecule has 0 aliphatic rings. The summed E-state index contributed by atoms with van der Waals surface area (Å²) in [6, 6.07) is 9.92. The first kappa shape index (κ1) is 15.3. The first-order chi connectivity index (χ1) is 10.2. The highest BCUT2D eigenvalue weighted by molar-refractivity contribution is 5.34. The molecule has 2 rings (SSSR count). The van der Waals surface area contributed by atoms with Crippen molar-refractivity contribution in [2.75, 3.05) is 11.9 Å². The summed E-state index contributed by atoms with van der Waals surface area (Å²) < 4.78 is 5.56. The number of nitrogens with two attached hydrogens (primary N) is 1. The molecule has 0 aliphatic carbocycles. The van der Waals surface area contributed by atoms with Gasteiger partial charge in [-0.3, -0.25) is 0 Å². The molecule has 3 N–H and O–H groups in total. The summed E-state index contributed by atoms with van der Waals surface area (Å²) in [5, 5.41) is 3.24. The van der Waals surface area contributed by atoms with Crippen molar-refractivity contribution in [1.29, 1.82) is 0 Å². The fourth-order valence-corrected chi connectivity index (χ4v) is 2.00. The maximum Gasteiger partial charge on any atom is 0.226 e. The van der Waals surface area contributed by atoms with Gasteiger partial charge in [-0.15, -0.1) is 0 Å². The molecule has 1 heterocycles. The standard InChI is InChI=1S/C16H22N4O/c1-3-8-21-15-9-12(2)19-16(20-15)18-11-14-7-5-4-6-13(14)10-17/h4-7,9H,3,8,10-11,17H2,1-2H3,(H,18,19,20). The predicted molar refractivity (Wildman–Crippen MR) is 84.2 cm³/mol. The maximum absolute atomic E-state index is 5.74. The Balaban J connectivity index is 2.07. The largest absolute Gasteiger partial charge is 0.478 e. The van der Waals surface area contributed by atoms with Crippen LogP contribution in [0.15, 0.2) is 30.3 Å². The number of rotatable bonds is 7. The molecule has 1 aromatic carbocycles. The molecule has 5 nitrogen and oxygen atoms in total. The molecule has 21 heavy (non-hydrogen) atoms. The lowest BCUT2D eigenvalue weighted by molar-refractivity contribution is 0.305. The first-order valence-electron chi connectivity index (χ1n) is 7.22. The van der Waals surface area contributed by atoms with E-state index in [4.69, 9.17) is 10.5 Å². The van der Waals surface area contributed by atoms with Crippen LogP contribution >= 0.6 is 0 Å². The molecule has 0 saturated heterocycles. The first-order valence-corrected chi connectivity index (χ1v) is 7.22. The van der Waals surface area contributed by atoms with Gasteiger partial charge in [0.2, 0.25) is 11.8 Å². The Kier molecular flexibility index (Phi) is 5.51. The molecule has 0 aliphatic heterocycles. The second-order valence-corrected chi connectivity index (χ2v) is 4.85. The minimum Gasteiger partial charge on any atom is -0.478 e. The summed E-state index contributed by atoms with van der Waals surface area (Å²) >= 11 is 0. The number of hydrogen-bond acceptors (Lipinski definition) is 5. The van der Waals surface area contributed by atoms with Gasteiger partial charge in [-0.2, -0.15) is 4.98 Å². The van der Waals surface area contributed by atoms with Crippen LogP contribution < -0.4 is 15.8 Å². The van der Waals surface area contributed by atoms with Gasteiger partial charge in [-0.1, -0.05) is 31.2 Å². The van der Waals surface area contributed by atoms with Crippen LogP contribution in [0.3, 0.4) is 0 Å². The zero-order valence-electron chi connectivity index (χ0n) is 12.6. The van der Waals surface area contributed by atoms with Crippen LogP contribution in [0.5, 0.6) is 5.88 Å². The summed E-state index contributed by atoms with van der Waals surface area (Å²) in [5.41, 5.74) is 8.90. The summed E-state index contributed by atoms with van der Waals surface area (Å²) in [5.74, 6) is 1.19. The van der Waals surface area contributed by atoms with E-state index in [-0.39, 0.29) is 0 Å². The number of benzene rings is 1. The van der Waals surface area contributed by atoms with Crippen LogP contribution in [-0.2, 0) is 13.1 Å². The smallest absolute Gasteiger partial charge is 0.226 e. The minimum atomic E-state index is 0.525. The van der Waals surface area contributed by atoms with Gasteiger partial charge in [0.05, 0.1) is 6.61 Å². The van der Waals surface area contributed by atoms with Gasteiger partial charge in [0.1, 0.15) is 0 Å². The number of ether oxygens (including phenoxy) is 1. The van der Waals surface area contributed by atoms with Crippen LogP contribution in [-0.4, -0.2) is 16.6 Å². The molecule has 0 spiro atoms. The van der Waals surface area contributed by atoms with Crippen LogP contribution in [0.4, 0.5) is 5.95 Å². The van der Waals surface area contributed by atoms with Crippen molar-refractivity contribution in [2.45, 2.75) is 33.4 Å². The Morgan fingerprint density at radius 3 is 2.67 bits per heavy atom. The Hall–Kier alpha value is -2.14. The van der Waals surface area contributed by atoms with Crippen molar-refractivity contribution in [2.24, 2.45) is 5.73 Å². The highest BCUT2D eigenvalue weighted by Crippen LogP contribution is 2.14. The van der Waals surface area contributed by atoms with Gasteiger partial charge in [0, 0.05) is 24.8 Å². The van der Waals surface area contributed by atoms with E-state index in [1.54, 1.807) is 0 Å². The summed E-state index contributed by atoms with van der Waals surface area (Å²) in [6.45, 7) is 5.82. The molecule has 0 amide bonds. The van der Waals surface area contributed by atoms with Crippen molar-refractivity contribution < 1.29 is 4.74 Å². The van der Waals surface area contributed by atoms with Crippen LogP contribution in [0.2, 0.25) is 0 Å². The van der Waals surface area contributed by atoms with E-state index in [0.29, 0.717) is 31.5 Å². The van der Waals surface area contributed by atoms with Gasteiger partial charge >= 0.3 is 0 Å². The average Bonchev–Trinajstić information content (AvgIpc) is 2.50. The lowest BCUT2D eigenvalue weighted by Crippen LogP contribution is -2.09. The highest BCUT2D eigenvalue weighted by atomic mass is 16.5. The molecule has 5 heteroatoms. The van der Waals surface area contributed by atoms with E-state index in [1.807, 2.05) is 31.2 Å². The topological polar surface area (TPSA) is 73.1 Å². The average molecular weight is 286 g/mol. The fourth-order valence-electron chi connectivity index (χ4n) is 2.00. The zero-order chi connectivity index (χ0) is 15.1. The monoisotopic (exact) mass is 286 g/mol. The number of nitrogens with one attached hydrogen (secondary N) is 1. The number of nitrogens with zero attached hydrogens (tertiary/aromatic N) is 2.